The zero-order chi connectivity index (χ0) is 15.1. The second kappa shape index (κ2) is 5.45. The van der Waals surface area contributed by atoms with Crippen LogP contribution < -0.4 is 0 Å². The molecule has 1 fully saturated rings. The van der Waals surface area contributed by atoms with Crippen LogP contribution in [-0.4, -0.2) is 38.9 Å². The van der Waals surface area contributed by atoms with E-state index in [1.165, 1.54) is 0 Å². The summed E-state index contributed by atoms with van der Waals surface area (Å²) in [5.74, 6) is 0. The maximum absolute atomic E-state index is 11.0. The molecular formula is C13H28NO4P. The third-order valence-corrected chi connectivity index (χ3v) is 4.27. The number of phosphoric acid groups is 1. The van der Waals surface area contributed by atoms with Gasteiger partial charge in [-0.3, -0.25) is 9.42 Å². The molecule has 0 spiro atoms. The summed E-state index contributed by atoms with van der Waals surface area (Å²) in [5.41, 5.74) is 0.0925. The fraction of sp³-hybridized carbons (Fsp3) is 1.00. The summed E-state index contributed by atoms with van der Waals surface area (Å²) < 4.78 is 15.9. The van der Waals surface area contributed by atoms with Gasteiger partial charge in [-0.1, -0.05) is 20.8 Å². The van der Waals surface area contributed by atoms with Crippen LogP contribution in [0.2, 0.25) is 0 Å². The Balaban J connectivity index is 2.86. The number of hydrogen-bond acceptors (Lipinski definition) is 3. The van der Waals surface area contributed by atoms with Gasteiger partial charge in [-0.05, 0) is 39.0 Å². The number of piperidine rings is 1. The Labute approximate surface area is 116 Å². The second-order valence-electron chi connectivity index (χ2n) is 7.49. The number of likely N-dealkylation sites (tertiary alicyclic amines) is 1. The number of phosphoric ester groups is 1. The molecule has 19 heavy (non-hydrogen) atoms. The average Bonchev–Trinajstić information content (AvgIpc) is 2.11. The Hall–Kier alpha value is 0.0700. The van der Waals surface area contributed by atoms with Gasteiger partial charge in [0.1, 0.15) is 0 Å². The molecule has 2 atom stereocenters. The minimum absolute atomic E-state index is 0.0458. The van der Waals surface area contributed by atoms with Crippen molar-refractivity contribution in [2.24, 2.45) is 5.41 Å². The van der Waals surface area contributed by atoms with E-state index in [9.17, 15) is 4.57 Å². The predicted octanol–water partition coefficient (Wildman–Crippen LogP) is 2.77. The molecule has 0 bridgehead atoms. The van der Waals surface area contributed by atoms with Crippen molar-refractivity contribution < 1.29 is 18.9 Å². The molecule has 6 heteroatoms. The summed E-state index contributed by atoms with van der Waals surface area (Å²) in [5, 5.41) is 0. The molecule has 0 aromatic heterocycles. The molecule has 114 valence electrons. The fourth-order valence-corrected chi connectivity index (χ4v) is 3.43. The lowest BCUT2D eigenvalue weighted by atomic mass is 9.78. The van der Waals surface area contributed by atoms with E-state index in [0.717, 1.165) is 6.54 Å². The van der Waals surface area contributed by atoms with Crippen molar-refractivity contribution in [2.75, 3.05) is 6.54 Å². The quantitative estimate of drug-likeness (QED) is 0.766. The van der Waals surface area contributed by atoms with Gasteiger partial charge in [0.15, 0.2) is 0 Å². The normalized spacial score (nSPS) is 27.6. The van der Waals surface area contributed by atoms with Crippen LogP contribution in [0.15, 0.2) is 0 Å². The minimum atomic E-state index is -4.39. The van der Waals surface area contributed by atoms with Gasteiger partial charge in [0.05, 0.1) is 6.10 Å². The summed E-state index contributed by atoms with van der Waals surface area (Å²) >= 11 is 0. The van der Waals surface area contributed by atoms with Gasteiger partial charge in [0, 0.05) is 18.1 Å². The van der Waals surface area contributed by atoms with Crippen molar-refractivity contribution in [1.29, 1.82) is 0 Å². The van der Waals surface area contributed by atoms with E-state index >= 15 is 0 Å². The van der Waals surface area contributed by atoms with E-state index in [4.69, 9.17) is 14.3 Å². The van der Waals surface area contributed by atoms with Crippen LogP contribution in [0.3, 0.4) is 0 Å². The highest BCUT2D eigenvalue weighted by atomic mass is 31.2. The van der Waals surface area contributed by atoms with E-state index in [2.05, 4.69) is 46.4 Å². The Morgan fingerprint density at radius 1 is 1.16 bits per heavy atom. The van der Waals surface area contributed by atoms with Gasteiger partial charge in [-0.15, -0.1) is 0 Å². The van der Waals surface area contributed by atoms with Gasteiger partial charge < -0.3 is 9.79 Å². The second-order valence-corrected chi connectivity index (χ2v) is 8.68. The van der Waals surface area contributed by atoms with Crippen LogP contribution in [0.1, 0.15) is 54.4 Å². The summed E-state index contributed by atoms with van der Waals surface area (Å²) in [6.07, 6.45) is 0.963. The molecule has 0 aromatic rings. The van der Waals surface area contributed by atoms with Crippen LogP contribution in [0.25, 0.3) is 0 Å². The van der Waals surface area contributed by atoms with Gasteiger partial charge >= 0.3 is 7.82 Å². The largest absolute Gasteiger partial charge is 0.469 e. The summed E-state index contributed by atoms with van der Waals surface area (Å²) in [6, 6.07) is 0.248. The van der Waals surface area contributed by atoms with Crippen molar-refractivity contribution >= 4 is 7.82 Å². The summed E-state index contributed by atoms with van der Waals surface area (Å²) in [6.45, 7) is 13.8. The molecule has 1 saturated heterocycles. The number of rotatable bonds is 2. The molecule has 5 nitrogen and oxygen atoms in total. The van der Waals surface area contributed by atoms with Crippen LogP contribution in [0, 0.1) is 5.41 Å². The van der Waals surface area contributed by atoms with Crippen molar-refractivity contribution in [3.63, 3.8) is 0 Å². The van der Waals surface area contributed by atoms with Crippen LogP contribution in [0.4, 0.5) is 0 Å². The van der Waals surface area contributed by atoms with Crippen molar-refractivity contribution in [3.8, 4) is 0 Å². The molecule has 1 heterocycles. The van der Waals surface area contributed by atoms with E-state index in [1.807, 2.05) is 0 Å². The molecule has 1 aliphatic heterocycles. The smallest absolute Gasteiger partial charge is 0.303 e. The number of hydrogen-bond donors (Lipinski definition) is 2. The molecule has 0 saturated carbocycles. The van der Waals surface area contributed by atoms with Gasteiger partial charge in [0.25, 0.3) is 0 Å². The van der Waals surface area contributed by atoms with Crippen molar-refractivity contribution in [3.05, 3.63) is 0 Å². The van der Waals surface area contributed by atoms with E-state index in [0.29, 0.717) is 12.8 Å². The van der Waals surface area contributed by atoms with Crippen LogP contribution in [-0.2, 0) is 9.09 Å². The van der Waals surface area contributed by atoms with E-state index in [1.54, 1.807) is 0 Å². The highest BCUT2D eigenvalue weighted by Crippen LogP contribution is 2.43. The average molecular weight is 293 g/mol. The lowest BCUT2D eigenvalue weighted by molar-refractivity contribution is -0.0468. The first-order chi connectivity index (χ1) is 8.31. The first-order valence-electron chi connectivity index (χ1n) is 6.81. The predicted molar refractivity (Wildman–Crippen MR) is 75.9 cm³/mol. The lowest BCUT2D eigenvalue weighted by Gasteiger charge is -2.51. The monoisotopic (exact) mass is 293 g/mol. The maximum Gasteiger partial charge on any atom is 0.469 e. The van der Waals surface area contributed by atoms with Gasteiger partial charge in [-0.25, -0.2) is 4.57 Å². The Morgan fingerprint density at radius 3 is 2.05 bits per heavy atom. The zero-order valence-corrected chi connectivity index (χ0v) is 13.8. The molecule has 2 unspecified atom stereocenters. The fourth-order valence-electron chi connectivity index (χ4n) is 2.85. The third kappa shape index (κ3) is 5.16. The highest BCUT2D eigenvalue weighted by Gasteiger charge is 2.42. The molecule has 1 rings (SSSR count). The molecule has 0 aromatic carbocycles. The molecular weight excluding hydrogens is 265 g/mol. The van der Waals surface area contributed by atoms with Gasteiger partial charge in [0.2, 0.25) is 0 Å². The molecule has 0 aliphatic carbocycles. The first kappa shape index (κ1) is 17.1. The number of nitrogens with zero attached hydrogens (tertiary/aromatic N) is 1. The lowest BCUT2D eigenvalue weighted by Crippen LogP contribution is -2.57. The van der Waals surface area contributed by atoms with Crippen LogP contribution in [0.5, 0.6) is 0 Å². The van der Waals surface area contributed by atoms with E-state index < -0.39 is 7.82 Å². The van der Waals surface area contributed by atoms with Gasteiger partial charge in [-0.2, -0.15) is 0 Å². The summed E-state index contributed by atoms with van der Waals surface area (Å²) in [7, 11) is -4.39. The Kier molecular flexibility index (Phi) is 4.92. The summed E-state index contributed by atoms with van der Waals surface area (Å²) in [4.78, 5) is 20.3. The SMILES string of the molecule is CC(C)(C)C1CC(OP(=O)(O)O)CCN1C(C)(C)C. The van der Waals surface area contributed by atoms with Crippen LogP contribution >= 0.6 is 7.82 Å². The third-order valence-electron chi connectivity index (χ3n) is 3.70. The molecule has 0 radical (unpaired) electrons. The molecule has 1 aliphatic rings. The van der Waals surface area contributed by atoms with Crippen molar-refractivity contribution in [1.82, 2.24) is 4.90 Å². The van der Waals surface area contributed by atoms with Crippen molar-refractivity contribution in [2.45, 2.75) is 72.1 Å². The zero-order valence-electron chi connectivity index (χ0n) is 12.9. The Bertz CT molecular complexity index is 353. The topological polar surface area (TPSA) is 70.0 Å². The standard InChI is InChI=1S/C13H28NO4P/c1-12(2,3)11-9-10(18-19(15,16)17)7-8-14(11)13(4,5)6/h10-11H,7-9H2,1-6H3,(H2,15,16,17). The minimum Gasteiger partial charge on any atom is -0.303 e. The van der Waals surface area contributed by atoms with E-state index in [-0.39, 0.29) is 23.1 Å². The highest BCUT2D eigenvalue weighted by molar-refractivity contribution is 7.46. The first-order valence-corrected chi connectivity index (χ1v) is 8.34. The molecule has 2 N–H and O–H groups in total. The molecule has 0 amide bonds. The Morgan fingerprint density at radius 2 is 1.68 bits per heavy atom. The maximum atomic E-state index is 11.0.